The maximum Gasteiger partial charge on any atom is 0.330 e. The molecule has 0 aliphatic heterocycles. The van der Waals surface area contributed by atoms with Crippen LogP contribution in [0.25, 0.3) is 0 Å². The van der Waals surface area contributed by atoms with Crippen molar-refractivity contribution in [2.45, 2.75) is 19.5 Å². The zero-order valence-electron chi connectivity index (χ0n) is 10.8. The summed E-state index contributed by atoms with van der Waals surface area (Å²) in [5, 5.41) is 11.4. The molecule has 0 bridgehead atoms. The highest BCUT2D eigenvalue weighted by molar-refractivity contribution is 6.00. The molecule has 1 aromatic rings. The van der Waals surface area contributed by atoms with Crippen LogP contribution < -0.4 is 5.32 Å². The fourth-order valence-electron chi connectivity index (χ4n) is 1.69. The van der Waals surface area contributed by atoms with Crippen molar-refractivity contribution >= 4 is 11.9 Å². The monoisotopic (exact) mass is 250 g/mol. The first-order chi connectivity index (χ1) is 8.47. The minimum atomic E-state index is -1.20. The van der Waals surface area contributed by atoms with Crippen LogP contribution in [0.4, 0.5) is 0 Å². The number of amides is 1. The maximum atomic E-state index is 11.9. The normalized spacial score (nSPS) is 11.9. The van der Waals surface area contributed by atoms with E-state index in [2.05, 4.69) is 5.32 Å². The van der Waals surface area contributed by atoms with Gasteiger partial charge >= 0.3 is 5.97 Å². The number of nitrogens with zero attached hydrogens (tertiary/aromatic N) is 1. The van der Waals surface area contributed by atoms with Crippen LogP contribution >= 0.6 is 0 Å². The molecule has 0 fully saturated rings. The average molecular weight is 250 g/mol. The van der Waals surface area contributed by atoms with Gasteiger partial charge in [0, 0.05) is 13.6 Å². The van der Waals surface area contributed by atoms with Crippen molar-refractivity contribution in [1.82, 2.24) is 10.2 Å². The largest absolute Gasteiger partial charge is 0.480 e. The Morgan fingerprint density at radius 3 is 2.50 bits per heavy atom. The molecule has 1 rings (SSSR count). The molecule has 0 aromatic heterocycles. The van der Waals surface area contributed by atoms with E-state index in [1.807, 2.05) is 31.2 Å². The Bertz CT molecular complexity index is 446. The second-order valence-electron chi connectivity index (χ2n) is 4.18. The topological polar surface area (TPSA) is 69.6 Å². The summed E-state index contributed by atoms with van der Waals surface area (Å²) in [6.07, 6.45) is 0. The van der Waals surface area contributed by atoms with Gasteiger partial charge in [0.05, 0.1) is 0 Å². The van der Waals surface area contributed by atoms with Gasteiger partial charge in [-0.3, -0.25) is 10.1 Å². The van der Waals surface area contributed by atoms with Crippen molar-refractivity contribution in [3.05, 3.63) is 35.4 Å². The number of carbonyl (C=O) groups excluding carboxylic acids is 1. The number of carbonyl (C=O) groups is 2. The van der Waals surface area contributed by atoms with E-state index >= 15 is 0 Å². The lowest BCUT2D eigenvalue weighted by Crippen LogP contribution is -2.48. The molecule has 0 spiro atoms. The molecule has 5 heteroatoms. The molecule has 0 saturated heterocycles. The van der Waals surface area contributed by atoms with E-state index in [4.69, 9.17) is 5.11 Å². The lowest BCUT2D eigenvalue weighted by molar-refractivity contribution is -0.147. The minimum absolute atomic E-state index is 0.400. The molecular formula is C13H18N2O3. The molecular weight excluding hydrogens is 232 g/mol. The first-order valence-corrected chi connectivity index (χ1v) is 5.67. The molecule has 1 aromatic carbocycles. The molecule has 1 unspecified atom stereocenters. The summed E-state index contributed by atoms with van der Waals surface area (Å²) in [4.78, 5) is 24.2. The van der Waals surface area contributed by atoms with Gasteiger partial charge in [-0.1, -0.05) is 24.3 Å². The third kappa shape index (κ3) is 3.30. The van der Waals surface area contributed by atoms with Crippen molar-refractivity contribution in [3.8, 4) is 0 Å². The molecule has 0 heterocycles. The van der Waals surface area contributed by atoms with E-state index in [-0.39, 0.29) is 0 Å². The van der Waals surface area contributed by atoms with Crippen LogP contribution in [0.5, 0.6) is 0 Å². The number of carboxylic acids is 1. The Labute approximate surface area is 106 Å². The molecule has 0 aliphatic rings. The average Bonchev–Trinajstić information content (AvgIpc) is 2.32. The van der Waals surface area contributed by atoms with Crippen molar-refractivity contribution < 1.29 is 14.7 Å². The first-order valence-electron chi connectivity index (χ1n) is 5.67. The SMILES string of the molecule is CNC(C(=O)O)C(=O)N(C)Cc1ccccc1C. The number of benzene rings is 1. The highest BCUT2D eigenvalue weighted by Crippen LogP contribution is 2.10. The minimum Gasteiger partial charge on any atom is -0.480 e. The quantitative estimate of drug-likeness (QED) is 0.752. The van der Waals surface area contributed by atoms with Crippen LogP contribution in [0, 0.1) is 6.92 Å². The van der Waals surface area contributed by atoms with E-state index in [1.165, 1.54) is 11.9 Å². The smallest absolute Gasteiger partial charge is 0.330 e. The molecule has 0 radical (unpaired) electrons. The molecule has 2 N–H and O–H groups in total. The van der Waals surface area contributed by atoms with Crippen molar-refractivity contribution in [2.24, 2.45) is 0 Å². The predicted octanol–water partition coefficient (Wildman–Crippen LogP) is 0.626. The summed E-state index contributed by atoms with van der Waals surface area (Å²) in [6.45, 7) is 2.36. The van der Waals surface area contributed by atoms with Crippen LogP contribution in [0.15, 0.2) is 24.3 Å². The third-order valence-corrected chi connectivity index (χ3v) is 2.83. The second kappa shape index (κ2) is 6.16. The first kappa shape index (κ1) is 14.2. The summed E-state index contributed by atoms with van der Waals surface area (Å²) in [7, 11) is 3.06. The number of carboxylic acid groups (broad SMARTS) is 1. The van der Waals surface area contributed by atoms with E-state index < -0.39 is 17.9 Å². The van der Waals surface area contributed by atoms with Gasteiger partial charge in [0.15, 0.2) is 6.04 Å². The van der Waals surface area contributed by atoms with Crippen molar-refractivity contribution in [2.75, 3.05) is 14.1 Å². The second-order valence-corrected chi connectivity index (χ2v) is 4.18. The van der Waals surface area contributed by atoms with Crippen LogP contribution in [-0.2, 0) is 16.1 Å². The number of hydrogen-bond acceptors (Lipinski definition) is 3. The number of hydrogen-bond donors (Lipinski definition) is 2. The van der Waals surface area contributed by atoms with Gasteiger partial charge in [-0.25, -0.2) is 4.79 Å². The molecule has 1 amide bonds. The predicted molar refractivity (Wildman–Crippen MR) is 68.1 cm³/mol. The Morgan fingerprint density at radius 2 is 2.00 bits per heavy atom. The number of aryl methyl sites for hydroxylation is 1. The van der Waals surface area contributed by atoms with E-state index in [0.717, 1.165) is 11.1 Å². The number of aliphatic carboxylic acids is 1. The van der Waals surface area contributed by atoms with Gasteiger partial charge in [-0.15, -0.1) is 0 Å². The van der Waals surface area contributed by atoms with Crippen molar-refractivity contribution in [1.29, 1.82) is 0 Å². The van der Waals surface area contributed by atoms with Gasteiger partial charge in [0.2, 0.25) is 0 Å². The van der Waals surface area contributed by atoms with E-state index in [1.54, 1.807) is 7.05 Å². The molecule has 1 atom stereocenters. The zero-order valence-corrected chi connectivity index (χ0v) is 10.8. The van der Waals surface area contributed by atoms with E-state index in [0.29, 0.717) is 6.54 Å². The van der Waals surface area contributed by atoms with Gasteiger partial charge in [0.25, 0.3) is 5.91 Å². The summed E-state index contributed by atoms with van der Waals surface area (Å²) in [5.74, 6) is -1.62. The van der Waals surface area contributed by atoms with Crippen LogP contribution in [0.2, 0.25) is 0 Å². The Hall–Kier alpha value is -1.88. The summed E-state index contributed by atoms with van der Waals surface area (Å²) in [5.41, 5.74) is 2.09. The van der Waals surface area contributed by atoms with E-state index in [9.17, 15) is 9.59 Å². The zero-order chi connectivity index (χ0) is 13.7. The van der Waals surface area contributed by atoms with Gasteiger partial charge in [-0.2, -0.15) is 0 Å². The number of likely N-dealkylation sites (N-methyl/N-ethyl adjacent to an activating group) is 2. The number of nitrogens with one attached hydrogen (secondary N) is 1. The van der Waals surface area contributed by atoms with Crippen molar-refractivity contribution in [3.63, 3.8) is 0 Å². The van der Waals surface area contributed by atoms with Crippen LogP contribution in [-0.4, -0.2) is 42.0 Å². The highest BCUT2D eigenvalue weighted by Gasteiger charge is 2.27. The Kier molecular flexibility index (Phi) is 4.85. The molecule has 0 saturated carbocycles. The molecule has 0 aliphatic carbocycles. The fraction of sp³-hybridized carbons (Fsp3) is 0.385. The lowest BCUT2D eigenvalue weighted by atomic mass is 10.1. The fourth-order valence-corrected chi connectivity index (χ4v) is 1.69. The summed E-state index contributed by atoms with van der Waals surface area (Å²) in [6, 6.07) is 6.51. The van der Waals surface area contributed by atoms with Crippen LogP contribution in [0.1, 0.15) is 11.1 Å². The summed E-state index contributed by atoms with van der Waals surface area (Å²) >= 11 is 0. The third-order valence-electron chi connectivity index (χ3n) is 2.83. The standard InChI is InChI=1S/C13H18N2O3/c1-9-6-4-5-7-10(9)8-15(3)12(16)11(14-2)13(17)18/h4-7,11,14H,8H2,1-3H3,(H,17,18). The van der Waals surface area contributed by atoms with Gasteiger partial charge in [-0.05, 0) is 25.1 Å². The van der Waals surface area contributed by atoms with Gasteiger partial charge in [0.1, 0.15) is 0 Å². The Morgan fingerprint density at radius 1 is 1.39 bits per heavy atom. The number of rotatable bonds is 5. The summed E-state index contributed by atoms with van der Waals surface area (Å²) < 4.78 is 0. The van der Waals surface area contributed by atoms with Gasteiger partial charge < -0.3 is 10.0 Å². The molecule has 98 valence electrons. The highest BCUT2D eigenvalue weighted by atomic mass is 16.4. The maximum absolute atomic E-state index is 11.9. The lowest BCUT2D eigenvalue weighted by Gasteiger charge is -2.21. The van der Waals surface area contributed by atoms with Crippen LogP contribution in [0.3, 0.4) is 0 Å². The molecule has 18 heavy (non-hydrogen) atoms. The Balaban J connectivity index is 2.77. The molecule has 5 nitrogen and oxygen atoms in total.